The van der Waals surface area contributed by atoms with Gasteiger partial charge in [0.15, 0.2) is 0 Å². The molecule has 0 saturated carbocycles. The van der Waals surface area contributed by atoms with Crippen LogP contribution in [0.25, 0.3) is 0 Å². The van der Waals surface area contributed by atoms with Gasteiger partial charge >= 0.3 is 0 Å². The van der Waals surface area contributed by atoms with Crippen LogP contribution in [0.2, 0.25) is 0 Å². The summed E-state index contributed by atoms with van der Waals surface area (Å²) in [6, 6.07) is 0. The molecule has 0 aliphatic carbocycles. The highest BCUT2D eigenvalue weighted by atomic mass is 16.2. The van der Waals surface area contributed by atoms with Crippen LogP contribution >= 0.6 is 0 Å². The largest absolute Gasteiger partial charge is 0.299 e. The van der Waals surface area contributed by atoms with E-state index in [1.165, 1.54) is 0 Å². The van der Waals surface area contributed by atoms with Crippen LogP contribution in [-0.2, 0) is 9.59 Å². The first-order valence-corrected chi connectivity index (χ1v) is 3.35. The zero-order valence-electron chi connectivity index (χ0n) is 6.76. The molecule has 11 heavy (non-hydrogen) atoms. The maximum absolute atomic E-state index is 10.9. The van der Waals surface area contributed by atoms with Crippen molar-refractivity contribution in [3.05, 3.63) is 0 Å². The lowest BCUT2D eigenvalue weighted by Crippen LogP contribution is -2.22. The lowest BCUT2D eigenvalue weighted by molar-refractivity contribution is -0.129. The summed E-state index contributed by atoms with van der Waals surface area (Å²) in [5.74, 6) is -0.601. The van der Waals surface area contributed by atoms with Crippen LogP contribution in [0.5, 0.6) is 0 Å². The summed E-state index contributed by atoms with van der Waals surface area (Å²) >= 11 is 0. The second-order valence-corrected chi connectivity index (χ2v) is 2.49. The highest BCUT2D eigenvalue weighted by Gasteiger charge is 2.11. The number of ketones is 1. The topological polar surface area (TPSA) is 58.5 Å². The van der Waals surface area contributed by atoms with Crippen molar-refractivity contribution in [2.45, 2.75) is 20.3 Å². The minimum absolute atomic E-state index is 0.0915. The Bertz CT molecular complexity index is 175. The van der Waals surface area contributed by atoms with Crippen molar-refractivity contribution in [1.29, 1.82) is 0 Å². The number of nitrogens with one attached hydrogen (secondary N) is 1. The van der Waals surface area contributed by atoms with E-state index in [1.807, 2.05) is 0 Å². The molecule has 0 aliphatic rings. The number of carbonyl (C=O) groups is 2. The molecule has 0 saturated heterocycles. The Morgan fingerprint density at radius 2 is 2.09 bits per heavy atom. The van der Waals surface area contributed by atoms with Crippen LogP contribution in [0.3, 0.4) is 0 Å². The lowest BCUT2D eigenvalue weighted by Gasteiger charge is -2.01. The van der Waals surface area contributed by atoms with Crippen LogP contribution in [0.15, 0.2) is 5.10 Å². The highest BCUT2D eigenvalue weighted by Crippen LogP contribution is 1.97. The molecule has 0 aliphatic heterocycles. The van der Waals surface area contributed by atoms with Crippen LogP contribution in [-0.4, -0.2) is 18.4 Å². The van der Waals surface area contributed by atoms with Crippen molar-refractivity contribution in [3.8, 4) is 0 Å². The van der Waals surface area contributed by atoms with E-state index in [4.69, 9.17) is 0 Å². The van der Waals surface area contributed by atoms with E-state index in [2.05, 4.69) is 17.2 Å². The highest BCUT2D eigenvalue weighted by molar-refractivity contribution is 5.98. The molecular formula is C7H12N2O2. The molecule has 0 atom stereocenters. The maximum atomic E-state index is 10.9. The molecule has 4 nitrogen and oxygen atoms in total. The zero-order valence-corrected chi connectivity index (χ0v) is 6.76. The molecule has 4 heteroatoms. The first-order chi connectivity index (χ1) is 5.07. The fourth-order valence-corrected chi connectivity index (χ4v) is 0.490. The normalized spacial score (nSPS) is 9.36. The van der Waals surface area contributed by atoms with Gasteiger partial charge in [0.2, 0.25) is 5.91 Å². The number of nitrogens with zero attached hydrogens (tertiary/aromatic N) is 1. The van der Waals surface area contributed by atoms with Gasteiger partial charge in [0.1, 0.15) is 5.78 Å². The van der Waals surface area contributed by atoms with Crippen LogP contribution in [0.4, 0.5) is 0 Å². The third kappa shape index (κ3) is 4.25. The number of hydrogen-bond donors (Lipinski definition) is 1. The average molecular weight is 156 g/mol. The van der Waals surface area contributed by atoms with Crippen molar-refractivity contribution in [3.63, 3.8) is 0 Å². The zero-order chi connectivity index (χ0) is 8.85. The van der Waals surface area contributed by atoms with Gasteiger partial charge in [0, 0.05) is 12.6 Å². The molecule has 0 fully saturated rings. The van der Waals surface area contributed by atoms with Crippen molar-refractivity contribution in [2.75, 3.05) is 0 Å². The van der Waals surface area contributed by atoms with Crippen LogP contribution in [0, 0.1) is 5.92 Å². The van der Waals surface area contributed by atoms with E-state index in [1.54, 1.807) is 13.8 Å². The number of carbonyl (C=O) groups excluding carboxylic acids is 2. The summed E-state index contributed by atoms with van der Waals surface area (Å²) in [5, 5.41) is 3.15. The van der Waals surface area contributed by atoms with Gasteiger partial charge in [-0.15, -0.1) is 0 Å². The Morgan fingerprint density at radius 1 is 1.55 bits per heavy atom. The predicted octanol–water partition coefficient (Wildman–Crippen LogP) is 0.333. The van der Waals surface area contributed by atoms with E-state index < -0.39 is 5.91 Å². The molecule has 0 spiro atoms. The quantitative estimate of drug-likeness (QED) is 0.362. The van der Waals surface area contributed by atoms with E-state index in [0.717, 1.165) is 0 Å². The summed E-state index contributed by atoms with van der Waals surface area (Å²) in [6.07, 6.45) is -0.114. The van der Waals surface area contributed by atoms with Crippen LogP contribution in [0.1, 0.15) is 20.3 Å². The third-order valence-electron chi connectivity index (χ3n) is 1.18. The maximum Gasteiger partial charge on any atom is 0.247 e. The Hall–Kier alpha value is -1.19. The molecule has 0 aromatic carbocycles. The monoisotopic (exact) mass is 156 g/mol. The SMILES string of the molecule is C=NNC(=O)CC(=O)C(C)C. The predicted molar refractivity (Wildman–Crippen MR) is 42.2 cm³/mol. The molecule has 1 amide bonds. The first-order valence-electron chi connectivity index (χ1n) is 3.35. The van der Waals surface area contributed by atoms with Crippen molar-refractivity contribution in [2.24, 2.45) is 11.0 Å². The minimum atomic E-state index is -0.404. The van der Waals surface area contributed by atoms with Gasteiger partial charge in [-0.3, -0.25) is 9.59 Å². The Labute approximate surface area is 65.7 Å². The molecule has 1 N–H and O–H groups in total. The van der Waals surface area contributed by atoms with E-state index >= 15 is 0 Å². The summed E-state index contributed by atoms with van der Waals surface area (Å²) in [7, 11) is 0. The van der Waals surface area contributed by atoms with Crippen molar-refractivity contribution >= 4 is 18.4 Å². The number of hydrazone groups is 1. The number of rotatable bonds is 4. The van der Waals surface area contributed by atoms with Gasteiger partial charge in [0.05, 0.1) is 6.42 Å². The number of hydrogen-bond acceptors (Lipinski definition) is 3. The standard InChI is InChI=1S/C7H12N2O2/c1-5(2)6(10)4-7(11)9-8-3/h5H,3-4H2,1-2H3,(H,9,11). The van der Waals surface area contributed by atoms with E-state index in [0.29, 0.717) is 0 Å². The molecule has 62 valence electrons. The number of amides is 1. The summed E-state index contributed by atoms with van der Waals surface area (Å²) in [6.45, 7) is 6.55. The Kier molecular flexibility index (Phi) is 4.10. The summed E-state index contributed by atoms with van der Waals surface area (Å²) in [4.78, 5) is 21.6. The second kappa shape index (κ2) is 4.60. The fraction of sp³-hybridized carbons (Fsp3) is 0.571. The summed E-state index contributed by atoms with van der Waals surface area (Å²) < 4.78 is 0. The minimum Gasteiger partial charge on any atom is -0.299 e. The summed E-state index contributed by atoms with van der Waals surface area (Å²) in [5.41, 5.74) is 2.09. The van der Waals surface area contributed by atoms with Gasteiger partial charge in [-0.25, -0.2) is 5.43 Å². The van der Waals surface area contributed by atoms with Gasteiger partial charge < -0.3 is 0 Å². The second-order valence-electron chi connectivity index (χ2n) is 2.49. The van der Waals surface area contributed by atoms with Gasteiger partial charge in [-0.1, -0.05) is 13.8 Å². The first kappa shape index (κ1) is 9.81. The van der Waals surface area contributed by atoms with E-state index in [-0.39, 0.29) is 18.1 Å². The molecule has 0 aromatic heterocycles. The Morgan fingerprint density at radius 3 is 2.45 bits per heavy atom. The van der Waals surface area contributed by atoms with Gasteiger partial charge in [0.25, 0.3) is 0 Å². The number of Topliss-reactive ketones (excluding diaryl/α,β-unsaturated/α-hetero) is 1. The van der Waals surface area contributed by atoms with Gasteiger partial charge in [-0.2, -0.15) is 5.10 Å². The van der Waals surface area contributed by atoms with E-state index in [9.17, 15) is 9.59 Å². The van der Waals surface area contributed by atoms with Crippen molar-refractivity contribution < 1.29 is 9.59 Å². The van der Waals surface area contributed by atoms with Crippen molar-refractivity contribution in [1.82, 2.24) is 5.43 Å². The lowest BCUT2D eigenvalue weighted by atomic mass is 10.1. The third-order valence-corrected chi connectivity index (χ3v) is 1.18. The Balaban J connectivity index is 3.75. The molecular weight excluding hydrogens is 144 g/mol. The van der Waals surface area contributed by atoms with Crippen LogP contribution < -0.4 is 5.43 Å². The molecule has 0 aromatic rings. The fourth-order valence-electron chi connectivity index (χ4n) is 0.490. The van der Waals surface area contributed by atoms with Gasteiger partial charge in [-0.05, 0) is 0 Å². The molecule has 0 unspecified atom stereocenters. The molecule has 0 radical (unpaired) electrons. The average Bonchev–Trinajstić information content (AvgIpc) is 1.87. The molecule has 0 bridgehead atoms. The molecule has 0 rings (SSSR count). The smallest absolute Gasteiger partial charge is 0.247 e. The molecule has 0 heterocycles.